The number of urea groups is 1. The maximum Gasteiger partial charge on any atom is 0.314 e. The molecule has 0 aromatic heterocycles. The highest BCUT2D eigenvalue weighted by molar-refractivity contribution is 5.73. The van der Waals surface area contributed by atoms with E-state index in [4.69, 9.17) is 5.11 Å². The summed E-state index contributed by atoms with van der Waals surface area (Å²) in [5.41, 5.74) is 0. The van der Waals surface area contributed by atoms with Crippen molar-refractivity contribution in [3.8, 4) is 0 Å². The third kappa shape index (κ3) is 8.05. The highest BCUT2D eigenvalue weighted by Gasteiger charge is 2.06. The predicted octanol–water partition coefficient (Wildman–Crippen LogP) is 0.101. The van der Waals surface area contributed by atoms with Gasteiger partial charge in [0.05, 0.1) is 0 Å². The Morgan fingerprint density at radius 3 is 2.44 bits per heavy atom. The summed E-state index contributed by atoms with van der Waals surface area (Å²) in [7, 11) is 3.88. The van der Waals surface area contributed by atoms with E-state index in [1.165, 1.54) is 0 Å². The average molecular weight is 231 g/mol. The second kappa shape index (κ2) is 7.92. The molecule has 0 fully saturated rings. The van der Waals surface area contributed by atoms with Gasteiger partial charge >= 0.3 is 12.0 Å². The molecule has 1 atom stereocenters. The molecule has 0 radical (unpaired) electrons. The van der Waals surface area contributed by atoms with Gasteiger partial charge in [0.2, 0.25) is 0 Å². The Hall–Kier alpha value is -1.30. The Balaban J connectivity index is 3.48. The van der Waals surface area contributed by atoms with Crippen molar-refractivity contribution in [3.05, 3.63) is 0 Å². The summed E-state index contributed by atoms with van der Waals surface area (Å²) in [5.74, 6) is -0.844. The first kappa shape index (κ1) is 14.7. The molecule has 0 aromatic carbocycles. The van der Waals surface area contributed by atoms with Gasteiger partial charge in [0.1, 0.15) is 0 Å². The van der Waals surface area contributed by atoms with Crippen molar-refractivity contribution in [3.63, 3.8) is 0 Å². The van der Waals surface area contributed by atoms with Crippen LogP contribution in [0.5, 0.6) is 0 Å². The molecule has 0 saturated heterocycles. The van der Waals surface area contributed by atoms with Crippen LogP contribution in [0.1, 0.15) is 19.8 Å². The number of carboxylic acid groups (broad SMARTS) is 1. The molecule has 0 bridgehead atoms. The van der Waals surface area contributed by atoms with Crippen LogP contribution in [0.2, 0.25) is 0 Å². The quantitative estimate of drug-likeness (QED) is 0.543. The van der Waals surface area contributed by atoms with Gasteiger partial charge in [-0.2, -0.15) is 0 Å². The average Bonchev–Trinajstić information content (AvgIpc) is 2.20. The van der Waals surface area contributed by atoms with Crippen molar-refractivity contribution in [1.82, 2.24) is 15.5 Å². The van der Waals surface area contributed by atoms with Crippen LogP contribution in [0.4, 0.5) is 4.79 Å². The highest BCUT2D eigenvalue weighted by Crippen LogP contribution is 1.88. The lowest BCUT2D eigenvalue weighted by molar-refractivity contribution is -0.137. The van der Waals surface area contributed by atoms with Crippen molar-refractivity contribution >= 4 is 12.0 Å². The first-order chi connectivity index (χ1) is 7.43. The molecule has 1 unspecified atom stereocenters. The molecule has 0 aliphatic carbocycles. The lowest BCUT2D eigenvalue weighted by Crippen LogP contribution is -2.43. The molecule has 0 spiro atoms. The number of carbonyl (C=O) groups excluding carboxylic acids is 1. The Morgan fingerprint density at radius 2 is 1.94 bits per heavy atom. The fourth-order valence-corrected chi connectivity index (χ4v) is 0.927. The molecule has 0 heterocycles. The largest absolute Gasteiger partial charge is 0.481 e. The summed E-state index contributed by atoms with van der Waals surface area (Å²) in [5, 5.41) is 13.7. The molecule has 0 aliphatic rings. The van der Waals surface area contributed by atoms with Crippen molar-refractivity contribution in [2.24, 2.45) is 0 Å². The van der Waals surface area contributed by atoms with E-state index in [1.807, 2.05) is 25.9 Å². The van der Waals surface area contributed by atoms with Crippen molar-refractivity contribution < 1.29 is 14.7 Å². The number of likely N-dealkylation sites (N-methyl/N-ethyl adjacent to an activating group) is 1. The minimum atomic E-state index is -0.844. The number of carbonyl (C=O) groups is 2. The zero-order chi connectivity index (χ0) is 12.6. The normalized spacial score (nSPS) is 12.2. The lowest BCUT2D eigenvalue weighted by atomic mass is 10.3. The topological polar surface area (TPSA) is 81.7 Å². The van der Waals surface area contributed by atoms with Gasteiger partial charge < -0.3 is 20.6 Å². The number of amides is 2. The van der Waals surface area contributed by atoms with E-state index in [2.05, 4.69) is 10.6 Å². The second-order valence-corrected chi connectivity index (χ2v) is 3.95. The Morgan fingerprint density at radius 1 is 1.31 bits per heavy atom. The van der Waals surface area contributed by atoms with Crippen LogP contribution >= 0.6 is 0 Å². The third-order valence-electron chi connectivity index (χ3n) is 2.29. The van der Waals surface area contributed by atoms with E-state index in [9.17, 15) is 9.59 Å². The molecule has 16 heavy (non-hydrogen) atoms. The Bertz CT molecular complexity index is 231. The zero-order valence-electron chi connectivity index (χ0n) is 10.1. The third-order valence-corrected chi connectivity index (χ3v) is 2.29. The van der Waals surface area contributed by atoms with Crippen molar-refractivity contribution in [2.45, 2.75) is 25.8 Å². The molecule has 0 saturated carbocycles. The van der Waals surface area contributed by atoms with E-state index in [1.54, 1.807) is 0 Å². The second-order valence-electron chi connectivity index (χ2n) is 3.95. The maximum atomic E-state index is 11.2. The van der Waals surface area contributed by atoms with Gasteiger partial charge in [0.25, 0.3) is 0 Å². The van der Waals surface area contributed by atoms with Crippen molar-refractivity contribution in [1.29, 1.82) is 0 Å². The predicted molar refractivity (Wildman–Crippen MR) is 61.4 cm³/mol. The van der Waals surface area contributed by atoms with Crippen LogP contribution < -0.4 is 10.6 Å². The minimum Gasteiger partial charge on any atom is -0.481 e. The number of aliphatic carboxylic acids is 1. The number of nitrogens with one attached hydrogen (secondary N) is 2. The van der Waals surface area contributed by atoms with E-state index < -0.39 is 5.97 Å². The van der Waals surface area contributed by atoms with Gasteiger partial charge in [-0.3, -0.25) is 4.79 Å². The van der Waals surface area contributed by atoms with Gasteiger partial charge in [-0.25, -0.2) is 4.79 Å². The molecule has 6 heteroatoms. The first-order valence-electron chi connectivity index (χ1n) is 5.33. The fraction of sp³-hybridized carbons (Fsp3) is 0.800. The first-order valence-corrected chi connectivity index (χ1v) is 5.33. The number of rotatable bonds is 7. The standard InChI is InChI=1S/C10H21N3O3/c1-8(13(2)3)7-12-10(16)11-6-4-5-9(14)15/h8H,4-7H2,1-3H3,(H,14,15)(H2,11,12,16). The smallest absolute Gasteiger partial charge is 0.314 e. The van der Waals surface area contributed by atoms with E-state index >= 15 is 0 Å². The van der Waals surface area contributed by atoms with Crippen LogP contribution in [-0.4, -0.2) is 55.2 Å². The van der Waals surface area contributed by atoms with Crippen molar-refractivity contribution in [2.75, 3.05) is 27.2 Å². The Kier molecular flexibility index (Phi) is 7.28. The molecule has 6 nitrogen and oxygen atoms in total. The summed E-state index contributed by atoms with van der Waals surface area (Å²) in [6, 6.07) is 0.0175. The Labute approximate surface area is 96.0 Å². The van der Waals surface area contributed by atoms with Gasteiger partial charge in [-0.15, -0.1) is 0 Å². The summed E-state index contributed by atoms with van der Waals surface area (Å²) < 4.78 is 0. The van der Waals surface area contributed by atoms with Crippen LogP contribution in [0, 0.1) is 0 Å². The number of hydrogen-bond donors (Lipinski definition) is 3. The summed E-state index contributed by atoms with van der Waals surface area (Å²) in [6.45, 7) is 2.96. The van der Waals surface area contributed by atoms with Gasteiger partial charge in [0.15, 0.2) is 0 Å². The molecule has 2 amide bonds. The van der Waals surface area contributed by atoms with Gasteiger partial charge in [-0.1, -0.05) is 0 Å². The van der Waals surface area contributed by atoms with E-state index in [0.717, 1.165) is 0 Å². The molecular weight excluding hydrogens is 210 g/mol. The highest BCUT2D eigenvalue weighted by atomic mass is 16.4. The number of carboxylic acids is 1. The van der Waals surface area contributed by atoms with E-state index in [-0.39, 0.29) is 18.5 Å². The number of hydrogen-bond acceptors (Lipinski definition) is 3. The maximum absolute atomic E-state index is 11.2. The zero-order valence-corrected chi connectivity index (χ0v) is 10.1. The number of nitrogens with zero attached hydrogens (tertiary/aromatic N) is 1. The molecule has 0 aromatic rings. The minimum absolute atomic E-state index is 0.0778. The molecule has 0 rings (SSSR count). The summed E-state index contributed by atoms with van der Waals surface area (Å²) >= 11 is 0. The monoisotopic (exact) mass is 231 g/mol. The van der Waals surface area contributed by atoms with Crippen LogP contribution in [0.3, 0.4) is 0 Å². The molecular formula is C10H21N3O3. The molecule has 0 aliphatic heterocycles. The van der Waals surface area contributed by atoms with Gasteiger partial charge in [0, 0.05) is 25.6 Å². The molecule has 94 valence electrons. The van der Waals surface area contributed by atoms with Crippen LogP contribution in [0.15, 0.2) is 0 Å². The summed E-state index contributed by atoms with van der Waals surface area (Å²) in [4.78, 5) is 23.4. The summed E-state index contributed by atoms with van der Waals surface area (Å²) in [6.07, 6.45) is 0.528. The lowest BCUT2D eigenvalue weighted by Gasteiger charge is -2.20. The SMILES string of the molecule is CC(CNC(=O)NCCCC(=O)O)N(C)C. The fourth-order valence-electron chi connectivity index (χ4n) is 0.927. The molecule has 3 N–H and O–H groups in total. The van der Waals surface area contributed by atoms with Crippen LogP contribution in [0.25, 0.3) is 0 Å². The van der Waals surface area contributed by atoms with Gasteiger partial charge in [-0.05, 0) is 27.4 Å². The van der Waals surface area contributed by atoms with Crippen LogP contribution in [-0.2, 0) is 4.79 Å². The van der Waals surface area contributed by atoms with E-state index in [0.29, 0.717) is 19.5 Å².